The summed E-state index contributed by atoms with van der Waals surface area (Å²) in [4.78, 5) is 2.56. The van der Waals surface area contributed by atoms with Crippen molar-refractivity contribution >= 4 is 5.69 Å². The van der Waals surface area contributed by atoms with Gasteiger partial charge >= 0.3 is 0 Å². The smallest absolute Gasteiger partial charge is 0.106 e. The second-order valence-electron chi connectivity index (χ2n) is 8.17. The average molecular weight is 422 g/mol. The summed E-state index contributed by atoms with van der Waals surface area (Å²) >= 11 is 0. The first kappa shape index (κ1) is 24.7. The first-order valence-electron chi connectivity index (χ1n) is 11.4. The molecule has 4 N–H and O–H groups in total. The molecule has 0 bridgehead atoms. The molecule has 168 valence electrons. The van der Waals surface area contributed by atoms with Crippen molar-refractivity contribution in [2.75, 3.05) is 18.5 Å². The highest BCUT2D eigenvalue weighted by Crippen LogP contribution is 2.33. The lowest BCUT2D eigenvalue weighted by atomic mass is 10.0. The van der Waals surface area contributed by atoms with Crippen molar-refractivity contribution in [1.82, 2.24) is 4.90 Å². The van der Waals surface area contributed by atoms with Crippen molar-refractivity contribution in [1.29, 1.82) is 0 Å². The minimum Gasteiger partial charge on any atom is -0.402 e. The zero-order valence-electron chi connectivity index (χ0n) is 19.2. The van der Waals surface area contributed by atoms with Crippen molar-refractivity contribution in [3.63, 3.8) is 0 Å². The molecule has 0 fully saturated rings. The Morgan fingerprint density at radius 2 is 1.84 bits per heavy atom. The molecule has 0 radical (unpaired) electrons. The molecule has 0 spiro atoms. The number of fused-ring (bicyclic) bond motifs is 1. The van der Waals surface area contributed by atoms with Gasteiger partial charge in [-0.05, 0) is 49.5 Å². The van der Waals surface area contributed by atoms with E-state index in [1.54, 1.807) is 0 Å². The SMILES string of the molecule is C=C(/C=C(\C)N)CCCO.CCCCCN1Cc2ccccc2NC1c1ccccc1. The Morgan fingerprint density at radius 3 is 2.52 bits per heavy atom. The largest absolute Gasteiger partial charge is 0.402 e. The highest BCUT2D eigenvalue weighted by molar-refractivity contribution is 5.54. The van der Waals surface area contributed by atoms with Gasteiger partial charge in [-0.25, -0.2) is 0 Å². The van der Waals surface area contributed by atoms with Crippen molar-refractivity contribution in [3.05, 3.63) is 89.6 Å². The van der Waals surface area contributed by atoms with Gasteiger partial charge < -0.3 is 16.2 Å². The molecule has 0 aromatic heterocycles. The molecule has 1 unspecified atom stereocenters. The summed E-state index contributed by atoms with van der Waals surface area (Å²) in [5.41, 5.74) is 11.2. The van der Waals surface area contributed by atoms with Gasteiger partial charge in [-0.2, -0.15) is 0 Å². The van der Waals surface area contributed by atoms with Gasteiger partial charge in [0.1, 0.15) is 6.17 Å². The van der Waals surface area contributed by atoms with E-state index in [2.05, 4.69) is 78.3 Å². The van der Waals surface area contributed by atoms with Crippen LogP contribution in [-0.2, 0) is 6.54 Å². The van der Waals surface area contributed by atoms with E-state index in [4.69, 9.17) is 10.8 Å². The molecule has 0 saturated carbocycles. The van der Waals surface area contributed by atoms with Crippen molar-refractivity contribution < 1.29 is 5.11 Å². The van der Waals surface area contributed by atoms with Gasteiger partial charge in [-0.1, -0.05) is 80.4 Å². The van der Waals surface area contributed by atoms with Crippen LogP contribution in [0.4, 0.5) is 5.69 Å². The van der Waals surface area contributed by atoms with E-state index in [1.807, 2.05) is 13.0 Å². The average Bonchev–Trinajstić information content (AvgIpc) is 2.78. The van der Waals surface area contributed by atoms with E-state index >= 15 is 0 Å². The van der Waals surface area contributed by atoms with Crippen LogP contribution in [0.25, 0.3) is 0 Å². The van der Waals surface area contributed by atoms with Crippen LogP contribution in [0.15, 0.2) is 78.5 Å². The van der Waals surface area contributed by atoms with Crippen LogP contribution in [0.1, 0.15) is 63.2 Å². The van der Waals surface area contributed by atoms with Gasteiger partial charge in [0.05, 0.1) is 0 Å². The molecule has 4 heteroatoms. The zero-order chi connectivity index (χ0) is 22.5. The van der Waals surface area contributed by atoms with Gasteiger partial charge in [-0.15, -0.1) is 0 Å². The third-order valence-electron chi connectivity index (χ3n) is 5.30. The lowest BCUT2D eigenvalue weighted by molar-refractivity contribution is 0.195. The Kier molecular flexibility index (Phi) is 10.9. The monoisotopic (exact) mass is 421 g/mol. The Hall–Kier alpha value is -2.56. The minimum absolute atomic E-state index is 0.219. The van der Waals surface area contributed by atoms with Crippen LogP contribution in [0.5, 0.6) is 0 Å². The van der Waals surface area contributed by atoms with E-state index in [9.17, 15) is 0 Å². The summed E-state index contributed by atoms with van der Waals surface area (Å²) in [5, 5.41) is 12.2. The topological polar surface area (TPSA) is 61.5 Å². The summed E-state index contributed by atoms with van der Waals surface area (Å²) < 4.78 is 0. The number of unbranched alkanes of at least 4 members (excludes halogenated alkanes) is 2. The van der Waals surface area contributed by atoms with Gasteiger partial charge in [0, 0.05) is 31.1 Å². The highest BCUT2D eigenvalue weighted by atomic mass is 16.2. The molecule has 0 saturated heterocycles. The van der Waals surface area contributed by atoms with Crippen molar-refractivity contribution in [2.24, 2.45) is 5.73 Å². The molecule has 0 aliphatic carbocycles. The molecule has 3 rings (SSSR count). The predicted octanol–water partition coefficient (Wildman–Crippen LogP) is 5.98. The van der Waals surface area contributed by atoms with Crippen molar-refractivity contribution in [2.45, 2.75) is 58.7 Å². The summed E-state index contributed by atoms with van der Waals surface area (Å²) in [6.45, 7) is 10.3. The molecule has 4 nitrogen and oxygen atoms in total. The zero-order valence-corrected chi connectivity index (χ0v) is 19.2. The number of benzene rings is 2. The number of para-hydroxylation sites is 1. The Balaban J connectivity index is 0.000000291. The molecule has 2 aromatic rings. The molecule has 1 aliphatic rings. The molecule has 1 atom stereocenters. The van der Waals surface area contributed by atoms with Crippen LogP contribution in [0.2, 0.25) is 0 Å². The maximum Gasteiger partial charge on any atom is 0.106 e. The molecular formula is C27H39N3O. The quantitative estimate of drug-likeness (QED) is 0.344. The lowest BCUT2D eigenvalue weighted by Crippen LogP contribution is -2.38. The number of allylic oxidation sites excluding steroid dienone is 3. The molecule has 1 heterocycles. The standard InChI is InChI=1S/C19H24N2.C8H15NO/c1-2-3-9-14-21-15-17-12-7-8-13-18(17)20-19(21)16-10-5-4-6-11-16;1-7(4-3-5-10)6-8(2)9/h4-8,10-13,19-20H,2-3,9,14-15H2,1H3;6,10H,1,3-5,9H2,2H3/b;8-6+. The number of aliphatic hydroxyl groups is 1. The maximum absolute atomic E-state index is 8.46. The number of nitrogens with zero attached hydrogens (tertiary/aromatic N) is 1. The van der Waals surface area contributed by atoms with E-state index in [-0.39, 0.29) is 12.8 Å². The second kappa shape index (κ2) is 13.7. The Morgan fingerprint density at radius 1 is 1.13 bits per heavy atom. The van der Waals surface area contributed by atoms with Gasteiger partial charge in [0.25, 0.3) is 0 Å². The number of nitrogens with one attached hydrogen (secondary N) is 1. The summed E-state index contributed by atoms with van der Waals surface area (Å²) in [6.07, 6.45) is 7.55. The van der Waals surface area contributed by atoms with E-state index in [1.165, 1.54) is 36.1 Å². The van der Waals surface area contributed by atoms with Crippen molar-refractivity contribution in [3.8, 4) is 0 Å². The minimum atomic E-state index is 0.219. The number of hydrogen-bond acceptors (Lipinski definition) is 4. The van der Waals surface area contributed by atoms with Gasteiger partial charge in [-0.3, -0.25) is 4.90 Å². The first-order chi connectivity index (χ1) is 15.0. The Bertz CT molecular complexity index is 812. The van der Waals surface area contributed by atoms with Crippen LogP contribution in [0, 0.1) is 0 Å². The third kappa shape index (κ3) is 8.60. The summed E-state index contributed by atoms with van der Waals surface area (Å²) in [7, 11) is 0. The van der Waals surface area contributed by atoms with Crippen LogP contribution in [-0.4, -0.2) is 23.2 Å². The Labute approximate surface area is 188 Å². The normalized spacial score (nSPS) is 16.0. The fourth-order valence-electron chi connectivity index (χ4n) is 3.75. The van der Waals surface area contributed by atoms with Crippen LogP contribution >= 0.6 is 0 Å². The number of rotatable bonds is 9. The number of anilines is 1. The molecular weight excluding hydrogens is 382 g/mol. The molecule has 1 aliphatic heterocycles. The number of aliphatic hydroxyl groups excluding tert-OH is 1. The van der Waals surface area contributed by atoms with Crippen LogP contribution in [0.3, 0.4) is 0 Å². The highest BCUT2D eigenvalue weighted by Gasteiger charge is 2.25. The molecule has 31 heavy (non-hydrogen) atoms. The van der Waals surface area contributed by atoms with E-state index < -0.39 is 0 Å². The number of nitrogens with two attached hydrogens (primary N) is 1. The number of hydrogen-bond donors (Lipinski definition) is 3. The fourth-order valence-corrected chi connectivity index (χ4v) is 3.75. The predicted molar refractivity (Wildman–Crippen MR) is 133 cm³/mol. The van der Waals surface area contributed by atoms with Crippen LogP contribution < -0.4 is 11.1 Å². The molecule has 2 aromatic carbocycles. The second-order valence-corrected chi connectivity index (χ2v) is 8.17. The first-order valence-corrected chi connectivity index (χ1v) is 11.4. The third-order valence-corrected chi connectivity index (χ3v) is 5.30. The van der Waals surface area contributed by atoms with Gasteiger partial charge in [0.2, 0.25) is 0 Å². The summed E-state index contributed by atoms with van der Waals surface area (Å²) in [5.74, 6) is 0. The maximum atomic E-state index is 8.46. The molecule has 0 amide bonds. The van der Waals surface area contributed by atoms with E-state index in [0.717, 1.165) is 37.2 Å². The summed E-state index contributed by atoms with van der Waals surface area (Å²) in [6, 6.07) is 19.4. The van der Waals surface area contributed by atoms with Gasteiger partial charge in [0.15, 0.2) is 0 Å². The fraction of sp³-hybridized carbons (Fsp3) is 0.407. The van der Waals surface area contributed by atoms with E-state index in [0.29, 0.717) is 0 Å². The lowest BCUT2D eigenvalue weighted by Gasteiger charge is -2.38.